The van der Waals surface area contributed by atoms with Gasteiger partial charge in [-0.25, -0.2) is 9.97 Å². The number of benzene rings is 2. The molecule has 1 heterocycles. The van der Waals surface area contributed by atoms with Gasteiger partial charge in [0.25, 0.3) is 0 Å². The fraction of sp³-hybridized carbons (Fsp3) is 0.200. The number of nitrogens with two attached hydrogens (primary N) is 1. The average Bonchev–Trinajstić information content (AvgIpc) is 2.68. The Balaban J connectivity index is 1.72. The van der Waals surface area contributed by atoms with E-state index < -0.39 is 0 Å². The molecular formula is C20H21Cl2N5O. The molecular weight excluding hydrogens is 397 g/mol. The summed E-state index contributed by atoms with van der Waals surface area (Å²) in [4.78, 5) is 8.42. The third-order valence-corrected chi connectivity index (χ3v) is 4.50. The molecule has 0 aliphatic rings. The lowest BCUT2D eigenvalue weighted by Crippen LogP contribution is -2.05. The Hall–Kier alpha value is -2.70. The number of nitrogen functional groups attached to an aromatic ring is 1. The van der Waals surface area contributed by atoms with Crippen LogP contribution in [0.1, 0.15) is 19.8 Å². The second kappa shape index (κ2) is 9.48. The standard InChI is InChI=1S/C20H21Cl2N5O/c1-2-3-10-28-15-7-5-14(6-8-15)26-19-18(23)20(25-12-24-19)27-17-9-4-13(21)11-16(17)22/h4-9,11-12H,2-3,10,23H2,1H3,(H2,24,25,26,27). The van der Waals surface area contributed by atoms with Crippen LogP contribution in [0.3, 0.4) is 0 Å². The highest BCUT2D eigenvalue weighted by Gasteiger charge is 2.11. The van der Waals surface area contributed by atoms with Gasteiger partial charge in [-0.2, -0.15) is 0 Å². The van der Waals surface area contributed by atoms with Gasteiger partial charge in [-0.15, -0.1) is 0 Å². The molecule has 0 aliphatic heterocycles. The highest BCUT2D eigenvalue weighted by Crippen LogP contribution is 2.32. The van der Waals surface area contributed by atoms with Crippen molar-refractivity contribution in [3.05, 3.63) is 58.8 Å². The van der Waals surface area contributed by atoms with Crippen molar-refractivity contribution in [2.24, 2.45) is 0 Å². The van der Waals surface area contributed by atoms with Crippen LogP contribution in [0, 0.1) is 0 Å². The molecule has 0 aliphatic carbocycles. The molecule has 1 aromatic heterocycles. The summed E-state index contributed by atoms with van der Waals surface area (Å²) < 4.78 is 5.67. The van der Waals surface area contributed by atoms with Gasteiger partial charge in [-0.3, -0.25) is 0 Å². The molecule has 0 amide bonds. The molecule has 4 N–H and O–H groups in total. The lowest BCUT2D eigenvalue weighted by atomic mass is 10.3. The largest absolute Gasteiger partial charge is 0.494 e. The van der Waals surface area contributed by atoms with Crippen molar-refractivity contribution in [3.63, 3.8) is 0 Å². The predicted molar refractivity (Wildman–Crippen MR) is 116 cm³/mol. The first-order valence-corrected chi connectivity index (χ1v) is 9.65. The van der Waals surface area contributed by atoms with Gasteiger partial charge in [0, 0.05) is 10.7 Å². The van der Waals surface area contributed by atoms with Gasteiger partial charge in [-0.1, -0.05) is 36.5 Å². The Morgan fingerprint density at radius 1 is 1.00 bits per heavy atom. The summed E-state index contributed by atoms with van der Waals surface area (Å²) in [5.74, 6) is 1.76. The van der Waals surface area contributed by atoms with Crippen LogP contribution < -0.4 is 21.1 Å². The number of rotatable bonds is 8. The molecule has 2 aromatic carbocycles. The highest BCUT2D eigenvalue weighted by atomic mass is 35.5. The van der Waals surface area contributed by atoms with E-state index in [9.17, 15) is 0 Å². The molecule has 0 fully saturated rings. The van der Waals surface area contributed by atoms with Crippen LogP contribution in [0.5, 0.6) is 5.75 Å². The maximum atomic E-state index is 6.23. The maximum Gasteiger partial charge on any atom is 0.159 e. The Bertz CT molecular complexity index is 934. The van der Waals surface area contributed by atoms with Crippen LogP contribution in [0.4, 0.5) is 28.7 Å². The molecule has 6 nitrogen and oxygen atoms in total. The van der Waals surface area contributed by atoms with E-state index >= 15 is 0 Å². The number of halogens is 2. The minimum Gasteiger partial charge on any atom is -0.494 e. The average molecular weight is 418 g/mol. The fourth-order valence-corrected chi connectivity index (χ4v) is 2.87. The smallest absolute Gasteiger partial charge is 0.159 e. The van der Waals surface area contributed by atoms with E-state index in [0.29, 0.717) is 39.7 Å². The van der Waals surface area contributed by atoms with Crippen molar-refractivity contribution in [2.45, 2.75) is 19.8 Å². The van der Waals surface area contributed by atoms with Crippen molar-refractivity contribution >= 4 is 51.9 Å². The van der Waals surface area contributed by atoms with Gasteiger partial charge in [0.1, 0.15) is 17.8 Å². The van der Waals surface area contributed by atoms with Gasteiger partial charge in [0.15, 0.2) is 11.6 Å². The molecule has 0 unspecified atom stereocenters. The number of hydrogen-bond acceptors (Lipinski definition) is 6. The normalized spacial score (nSPS) is 10.5. The Morgan fingerprint density at radius 3 is 2.39 bits per heavy atom. The van der Waals surface area contributed by atoms with E-state index in [2.05, 4.69) is 27.5 Å². The van der Waals surface area contributed by atoms with E-state index in [1.165, 1.54) is 6.33 Å². The van der Waals surface area contributed by atoms with E-state index in [1.54, 1.807) is 18.2 Å². The molecule has 0 saturated heterocycles. The first kappa shape index (κ1) is 20.0. The molecule has 0 spiro atoms. The van der Waals surface area contributed by atoms with E-state index in [1.807, 2.05) is 24.3 Å². The molecule has 3 rings (SSSR count). The minimum absolute atomic E-state index is 0.372. The number of ether oxygens (including phenoxy) is 1. The van der Waals surface area contributed by atoms with Crippen molar-refractivity contribution in [2.75, 3.05) is 23.0 Å². The summed E-state index contributed by atoms with van der Waals surface area (Å²) in [5, 5.41) is 7.32. The number of hydrogen-bond donors (Lipinski definition) is 3. The maximum absolute atomic E-state index is 6.23. The fourth-order valence-electron chi connectivity index (χ4n) is 2.42. The Morgan fingerprint density at radius 2 is 1.71 bits per heavy atom. The van der Waals surface area contributed by atoms with Crippen LogP contribution >= 0.6 is 23.2 Å². The summed E-state index contributed by atoms with van der Waals surface area (Å²) in [6.07, 6.45) is 3.56. The monoisotopic (exact) mass is 417 g/mol. The topological polar surface area (TPSA) is 85.1 Å². The molecule has 3 aromatic rings. The molecule has 0 saturated carbocycles. The number of anilines is 5. The zero-order chi connectivity index (χ0) is 19.9. The Labute approximate surface area is 174 Å². The van der Waals surface area contributed by atoms with E-state index in [4.69, 9.17) is 33.7 Å². The summed E-state index contributed by atoms with van der Waals surface area (Å²) in [6.45, 7) is 2.84. The van der Waals surface area contributed by atoms with Crippen LogP contribution in [0.15, 0.2) is 48.8 Å². The van der Waals surface area contributed by atoms with E-state index in [-0.39, 0.29) is 0 Å². The highest BCUT2D eigenvalue weighted by molar-refractivity contribution is 6.36. The second-order valence-electron chi connectivity index (χ2n) is 6.09. The third kappa shape index (κ3) is 5.18. The summed E-state index contributed by atoms with van der Waals surface area (Å²) in [5.41, 5.74) is 8.08. The zero-order valence-electron chi connectivity index (χ0n) is 15.4. The number of aromatic nitrogens is 2. The van der Waals surface area contributed by atoms with Crippen LogP contribution in [0.25, 0.3) is 0 Å². The summed E-state index contributed by atoms with van der Waals surface area (Å²) in [6, 6.07) is 12.8. The van der Waals surface area contributed by atoms with Gasteiger partial charge in [0.05, 0.1) is 17.3 Å². The number of unbranched alkanes of at least 4 members (excludes halogenated alkanes) is 1. The number of nitrogens with zero attached hydrogens (tertiary/aromatic N) is 2. The molecule has 8 heteroatoms. The first-order valence-electron chi connectivity index (χ1n) is 8.89. The van der Waals surface area contributed by atoms with Crippen molar-refractivity contribution in [1.29, 1.82) is 0 Å². The number of nitrogens with one attached hydrogen (secondary N) is 2. The summed E-state index contributed by atoms with van der Waals surface area (Å²) in [7, 11) is 0. The zero-order valence-corrected chi connectivity index (χ0v) is 16.9. The van der Waals surface area contributed by atoms with Gasteiger partial charge >= 0.3 is 0 Å². The molecule has 0 bridgehead atoms. The van der Waals surface area contributed by atoms with Crippen LogP contribution in [-0.2, 0) is 0 Å². The molecule has 0 atom stereocenters. The Kier molecular flexibility index (Phi) is 6.79. The minimum atomic E-state index is 0.372. The van der Waals surface area contributed by atoms with Crippen LogP contribution in [0.2, 0.25) is 10.0 Å². The molecule has 146 valence electrons. The van der Waals surface area contributed by atoms with Crippen LogP contribution in [-0.4, -0.2) is 16.6 Å². The predicted octanol–water partition coefficient (Wildman–Crippen LogP) is 6.03. The quantitative estimate of drug-likeness (QED) is 0.387. The lowest BCUT2D eigenvalue weighted by molar-refractivity contribution is 0.309. The second-order valence-corrected chi connectivity index (χ2v) is 6.93. The lowest BCUT2D eigenvalue weighted by Gasteiger charge is -2.14. The van der Waals surface area contributed by atoms with Gasteiger partial charge in [0.2, 0.25) is 0 Å². The first-order chi connectivity index (χ1) is 13.6. The van der Waals surface area contributed by atoms with Gasteiger partial charge < -0.3 is 21.1 Å². The SMILES string of the molecule is CCCCOc1ccc(Nc2ncnc(Nc3ccc(Cl)cc3Cl)c2N)cc1. The van der Waals surface area contributed by atoms with Crippen molar-refractivity contribution < 1.29 is 4.74 Å². The van der Waals surface area contributed by atoms with Crippen molar-refractivity contribution in [3.8, 4) is 5.75 Å². The van der Waals surface area contributed by atoms with Gasteiger partial charge in [-0.05, 0) is 48.9 Å². The van der Waals surface area contributed by atoms with Crippen molar-refractivity contribution in [1.82, 2.24) is 9.97 Å². The van der Waals surface area contributed by atoms with E-state index in [0.717, 1.165) is 24.3 Å². The summed E-state index contributed by atoms with van der Waals surface area (Å²) >= 11 is 12.1. The third-order valence-electron chi connectivity index (χ3n) is 3.95. The molecule has 28 heavy (non-hydrogen) atoms. The molecule has 0 radical (unpaired) electrons.